The van der Waals surface area contributed by atoms with Crippen molar-refractivity contribution in [2.24, 2.45) is 0 Å². The Bertz CT molecular complexity index is 996. The van der Waals surface area contributed by atoms with Gasteiger partial charge >= 0.3 is 0 Å². The monoisotopic (exact) mass is 339 g/mol. The highest BCUT2D eigenvalue weighted by atomic mass is 32.1. The van der Waals surface area contributed by atoms with E-state index in [1.807, 2.05) is 30.3 Å². The van der Waals surface area contributed by atoms with E-state index >= 15 is 0 Å². The number of fused-ring (bicyclic) bond motifs is 1. The molecule has 120 valence electrons. The van der Waals surface area contributed by atoms with Crippen molar-refractivity contribution >= 4 is 16.3 Å². The Labute approximate surface area is 141 Å². The van der Waals surface area contributed by atoms with Gasteiger partial charge in [-0.05, 0) is 30.3 Å². The van der Waals surface area contributed by atoms with E-state index in [9.17, 15) is 0 Å². The number of ether oxygens (including phenoxy) is 2. The van der Waals surface area contributed by atoms with Crippen LogP contribution in [0.3, 0.4) is 0 Å². The van der Waals surface area contributed by atoms with E-state index in [-0.39, 0.29) is 0 Å². The van der Waals surface area contributed by atoms with Crippen LogP contribution in [-0.2, 0) is 0 Å². The molecule has 4 rings (SSSR count). The molecule has 0 bridgehead atoms. The zero-order valence-electron chi connectivity index (χ0n) is 13.0. The molecule has 0 saturated heterocycles. The van der Waals surface area contributed by atoms with Crippen LogP contribution < -0.4 is 9.47 Å². The second-order valence-corrected chi connectivity index (χ2v) is 5.88. The van der Waals surface area contributed by atoms with Crippen LogP contribution in [-0.4, -0.2) is 39.0 Å². The molecule has 8 heteroatoms. The number of hydrogen-bond donors (Lipinski definition) is 0. The van der Waals surface area contributed by atoms with Crippen molar-refractivity contribution in [3.63, 3.8) is 0 Å². The summed E-state index contributed by atoms with van der Waals surface area (Å²) in [5.41, 5.74) is 1.76. The molecule has 3 heterocycles. The van der Waals surface area contributed by atoms with Crippen LogP contribution in [0.15, 0.2) is 42.7 Å². The van der Waals surface area contributed by atoms with E-state index in [4.69, 9.17) is 9.47 Å². The summed E-state index contributed by atoms with van der Waals surface area (Å²) in [5, 5.41) is 13.9. The number of hydrogen-bond acceptors (Lipinski definition) is 7. The molecule has 0 radical (unpaired) electrons. The van der Waals surface area contributed by atoms with E-state index in [2.05, 4.69) is 20.3 Å². The summed E-state index contributed by atoms with van der Waals surface area (Å²) in [6, 6.07) is 9.37. The first-order valence-electron chi connectivity index (χ1n) is 7.15. The van der Waals surface area contributed by atoms with Gasteiger partial charge < -0.3 is 9.47 Å². The number of methoxy groups -OCH3 is 2. The normalized spacial score (nSPS) is 10.9. The predicted molar refractivity (Wildman–Crippen MR) is 90.4 cm³/mol. The van der Waals surface area contributed by atoms with Gasteiger partial charge in [0.1, 0.15) is 11.5 Å². The van der Waals surface area contributed by atoms with Crippen LogP contribution in [0.4, 0.5) is 0 Å². The molecule has 7 nitrogen and oxygen atoms in total. The van der Waals surface area contributed by atoms with E-state index in [0.29, 0.717) is 10.8 Å². The molecular weight excluding hydrogens is 326 g/mol. The molecule has 0 amide bonds. The minimum Gasteiger partial charge on any atom is -0.497 e. The van der Waals surface area contributed by atoms with Crippen LogP contribution in [0.1, 0.15) is 0 Å². The first kappa shape index (κ1) is 14.6. The zero-order valence-corrected chi connectivity index (χ0v) is 13.8. The summed E-state index contributed by atoms with van der Waals surface area (Å²) in [6.07, 6.45) is 3.43. The van der Waals surface area contributed by atoms with Crippen molar-refractivity contribution in [2.75, 3.05) is 14.2 Å². The largest absolute Gasteiger partial charge is 0.497 e. The highest BCUT2D eigenvalue weighted by molar-refractivity contribution is 7.19. The molecule has 0 fully saturated rings. The zero-order chi connectivity index (χ0) is 16.5. The van der Waals surface area contributed by atoms with Crippen LogP contribution in [0, 0.1) is 0 Å². The molecule has 0 spiro atoms. The van der Waals surface area contributed by atoms with Gasteiger partial charge in [0.15, 0.2) is 10.8 Å². The van der Waals surface area contributed by atoms with Gasteiger partial charge in [0.2, 0.25) is 4.96 Å². The highest BCUT2D eigenvalue weighted by Gasteiger charge is 2.17. The van der Waals surface area contributed by atoms with Gasteiger partial charge in [-0.3, -0.25) is 4.98 Å². The topological polar surface area (TPSA) is 74.4 Å². The van der Waals surface area contributed by atoms with Crippen molar-refractivity contribution in [3.05, 3.63) is 42.7 Å². The fraction of sp³-hybridized carbons (Fsp3) is 0.125. The Hall–Kier alpha value is -3.00. The van der Waals surface area contributed by atoms with Crippen molar-refractivity contribution in [2.45, 2.75) is 0 Å². The summed E-state index contributed by atoms with van der Waals surface area (Å²) in [6.45, 7) is 0. The van der Waals surface area contributed by atoms with Gasteiger partial charge in [-0.1, -0.05) is 11.3 Å². The third-order valence-corrected chi connectivity index (χ3v) is 4.50. The highest BCUT2D eigenvalue weighted by Crippen LogP contribution is 2.36. The summed E-state index contributed by atoms with van der Waals surface area (Å²) < 4.78 is 12.5. The smallest absolute Gasteiger partial charge is 0.235 e. The number of benzene rings is 1. The molecule has 0 unspecified atom stereocenters. The van der Waals surface area contributed by atoms with Gasteiger partial charge in [-0.25, -0.2) is 0 Å². The summed E-state index contributed by atoms with van der Waals surface area (Å²) in [7, 11) is 3.26. The molecule has 0 aliphatic heterocycles. The van der Waals surface area contributed by atoms with Crippen LogP contribution in [0.25, 0.3) is 26.9 Å². The predicted octanol–water partition coefficient (Wildman–Crippen LogP) is 2.93. The SMILES string of the molecule is COc1ccc(OC)c(-c2nn3c(-c4ccncc4)nnc3s2)c1. The Morgan fingerprint density at radius 2 is 1.83 bits per heavy atom. The van der Waals surface area contributed by atoms with Crippen LogP contribution >= 0.6 is 11.3 Å². The lowest BCUT2D eigenvalue weighted by molar-refractivity contribution is 0.404. The van der Waals surface area contributed by atoms with E-state index in [0.717, 1.165) is 27.6 Å². The molecule has 0 saturated carbocycles. The molecule has 0 aliphatic rings. The Morgan fingerprint density at radius 3 is 2.58 bits per heavy atom. The Balaban J connectivity index is 1.86. The van der Waals surface area contributed by atoms with Gasteiger partial charge in [0.25, 0.3) is 0 Å². The number of nitrogens with zero attached hydrogens (tertiary/aromatic N) is 5. The molecule has 0 atom stereocenters. The lowest BCUT2D eigenvalue weighted by Gasteiger charge is -2.07. The number of pyridine rings is 1. The maximum atomic E-state index is 5.44. The van der Waals surface area contributed by atoms with E-state index < -0.39 is 0 Å². The Kier molecular flexibility index (Phi) is 3.58. The quantitative estimate of drug-likeness (QED) is 0.569. The lowest BCUT2D eigenvalue weighted by atomic mass is 10.2. The minimum atomic E-state index is 0.678. The minimum absolute atomic E-state index is 0.678. The van der Waals surface area contributed by atoms with E-state index in [1.54, 1.807) is 31.1 Å². The second kappa shape index (κ2) is 5.89. The molecule has 0 aliphatic carbocycles. The van der Waals surface area contributed by atoms with Gasteiger partial charge in [-0.15, -0.1) is 10.2 Å². The van der Waals surface area contributed by atoms with Crippen LogP contribution in [0.2, 0.25) is 0 Å². The average Bonchev–Trinajstić information content (AvgIpc) is 3.22. The maximum absolute atomic E-state index is 5.44. The van der Waals surface area contributed by atoms with Crippen molar-refractivity contribution in [3.8, 4) is 33.5 Å². The van der Waals surface area contributed by atoms with Gasteiger partial charge in [-0.2, -0.15) is 9.61 Å². The molecule has 1 aromatic carbocycles. The second-order valence-electron chi connectivity index (χ2n) is 4.93. The first-order valence-corrected chi connectivity index (χ1v) is 7.97. The van der Waals surface area contributed by atoms with Crippen molar-refractivity contribution in [1.29, 1.82) is 0 Å². The molecule has 4 aromatic rings. The lowest BCUT2D eigenvalue weighted by Crippen LogP contribution is -1.93. The Morgan fingerprint density at radius 1 is 1.00 bits per heavy atom. The maximum Gasteiger partial charge on any atom is 0.235 e. The van der Waals surface area contributed by atoms with Crippen molar-refractivity contribution in [1.82, 2.24) is 24.8 Å². The van der Waals surface area contributed by atoms with Crippen molar-refractivity contribution < 1.29 is 9.47 Å². The fourth-order valence-electron chi connectivity index (χ4n) is 2.39. The van der Waals surface area contributed by atoms with Crippen LogP contribution in [0.5, 0.6) is 11.5 Å². The van der Waals surface area contributed by atoms with E-state index in [1.165, 1.54) is 11.3 Å². The third kappa shape index (κ3) is 2.37. The molecule has 0 N–H and O–H groups in total. The fourth-order valence-corrected chi connectivity index (χ4v) is 3.25. The summed E-state index contributed by atoms with van der Waals surface area (Å²) in [4.78, 5) is 4.73. The van der Waals surface area contributed by atoms with Gasteiger partial charge in [0, 0.05) is 18.0 Å². The standard InChI is InChI=1S/C16H13N5O2S/c1-22-11-3-4-13(23-2)12(9-11)15-20-21-14(18-19-16(21)24-15)10-5-7-17-8-6-10/h3-9H,1-2H3. The molecule has 24 heavy (non-hydrogen) atoms. The average molecular weight is 339 g/mol. The first-order chi connectivity index (χ1) is 11.8. The number of rotatable bonds is 4. The molecule has 3 aromatic heterocycles. The summed E-state index contributed by atoms with van der Waals surface area (Å²) in [5.74, 6) is 2.15. The molecular formula is C16H13N5O2S. The summed E-state index contributed by atoms with van der Waals surface area (Å²) >= 11 is 1.44. The van der Waals surface area contributed by atoms with Gasteiger partial charge in [0.05, 0.1) is 19.8 Å². The third-order valence-electron chi connectivity index (χ3n) is 3.57. The number of aromatic nitrogens is 5.